The van der Waals surface area contributed by atoms with E-state index in [1.807, 2.05) is 27.7 Å². The van der Waals surface area contributed by atoms with Gasteiger partial charge in [-0.15, -0.1) is 0 Å². The number of carbonyl (C=O) groups excluding carboxylic acids is 2. The first kappa shape index (κ1) is 14.3. The zero-order chi connectivity index (χ0) is 14.2. The van der Waals surface area contributed by atoms with Gasteiger partial charge < -0.3 is 15.0 Å². The average molecular weight is 268 g/mol. The maximum Gasteiger partial charge on any atom is 0.246 e. The van der Waals surface area contributed by atoms with Gasteiger partial charge in [0.05, 0.1) is 0 Å². The van der Waals surface area contributed by atoms with E-state index >= 15 is 0 Å². The normalized spacial score (nSPS) is 30.4. The number of rotatable bonds is 1. The molecular weight excluding hydrogens is 244 g/mol. The second-order valence-electron chi connectivity index (χ2n) is 6.57. The van der Waals surface area contributed by atoms with Gasteiger partial charge in [0.25, 0.3) is 0 Å². The Kier molecular flexibility index (Phi) is 3.85. The lowest BCUT2D eigenvalue weighted by molar-refractivity contribution is -0.156. The third kappa shape index (κ3) is 2.76. The molecule has 2 amide bonds. The lowest BCUT2D eigenvalue weighted by Gasteiger charge is -2.46. The van der Waals surface area contributed by atoms with Gasteiger partial charge in [0.2, 0.25) is 11.8 Å². The summed E-state index contributed by atoms with van der Waals surface area (Å²) in [5.41, 5.74) is -0.268. The highest BCUT2D eigenvalue weighted by Crippen LogP contribution is 2.28. The van der Waals surface area contributed by atoms with Gasteiger partial charge >= 0.3 is 0 Å². The smallest absolute Gasteiger partial charge is 0.246 e. The Morgan fingerprint density at radius 2 is 1.79 bits per heavy atom. The summed E-state index contributed by atoms with van der Waals surface area (Å²) in [6.45, 7) is 9.09. The van der Waals surface area contributed by atoms with Crippen LogP contribution >= 0.6 is 0 Å². The van der Waals surface area contributed by atoms with Crippen molar-refractivity contribution >= 4 is 11.8 Å². The largest absolute Gasteiger partial charge is 0.381 e. The Bertz CT molecular complexity index is 369. The molecule has 19 heavy (non-hydrogen) atoms. The zero-order valence-corrected chi connectivity index (χ0v) is 12.2. The van der Waals surface area contributed by atoms with Gasteiger partial charge in [-0.25, -0.2) is 0 Å². The van der Waals surface area contributed by atoms with E-state index in [2.05, 4.69) is 5.32 Å². The summed E-state index contributed by atoms with van der Waals surface area (Å²) in [5, 5.41) is 2.86. The predicted molar refractivity (Wildman–Crippen MR) is 71.5 cm³/mol. The minimum atomic E-state index is -0.431. The second kappa shape index (κ2) is 5.12. The highest BCUT2D eigenvalue weighted by molar-refractivity contribution is 5.97. The molecule has 108 valence electrons. The maximum absolute atomic E-state index is 12.7. The van der Waals surface area contributed by atoms with E-state index in [4.69, 9.17) is 4.74 Å². The third-order valence-electron chi connectivity index (χ3n) is 4.03. The number of hydrogen-bond acceptors (Lipinski definition) is 3. The minimum absolute atomic E-state index is 0.0477. The molecule has 0 spiro atoms. The molecule has 2 rings (SSSR count). The molecule has 1 N–H and O–H groups in total. The second-order valence-corrected chi connectivity index (χ2v) is 6.57. The SMILES string of the molecule is CC1C(=O)NC(C(C)(C)C)C(=O)N1C1CCOCC1. The van der Waals surface area contributed by atoms with E-state index in [0.717, 1.165) is 12.8 Å². The summed E-state index contributed by atoms with van der Waals surface area (Å²) >= 11 is 0. The molecule has 0 saturated carbocycles. The number of amides is 2. The Labute approximate surface area is 114 Å². The Morgan fingerprint density at radius 3 is 2.32 bits per heavy atom. The van der Waals surface area contributed by atoms with Crippen molar-refractivity contribution in [3.8, 4) is 0 Å². The van der Waals surface area contributed by atoms with Crippen molar-refractivity contribution in [1.82, 2.24) is 10.2 Å². The molecule has 2 unspecified atom stereocenters. The van der Waals surface area contributed by atoms with E-state index in [1.54, 1.807) is 4.90 Å². The molecule has 5 heteroatoms. The maximum atomic E-state index is 12.7. The molecule has 2 heterocycles. The highest BCUT2D eigenvalue weighted by Gasteiger charge is 2.45. The van der Waals surface area contributed by atoms with Gasteiger partial charge in [-0.3, -0.25) is 9.59 Å². The zero-order valence-electron chi connectivity index (χ0n) is 12.2. The van der Waals surface area contributed by atoms with Crippen LogP contribution in [-0.4, -0.2) is 48.1 Å². The Morgan fingerprint density at radius 1 is 1.21 bits per heavy atom. The number of piperazine rings is 1. The van der Waals surface area contributed by atoms with Crippen molar-refractivity contribution in [2.45, 2.75) is 58.7 Å². The summed E-state index contributed by atoms with van der Waals surface area (Å²) in [6.07, 6.45) is 1.64. The van der Waals surface area contributed by atoms with Gasteiger partial charge in [0, 0.05) is 19.3 Å². The van der Waals surface area contributed by atoms with Crippen molar-refractivity contribution in [2.24, 2.45) is 5.41 Å². The molecule has 0 bridgehead atoms. The van der Waals surface area contributed by atoms with Crippen LogP contribution in [-0.2, 0) is 14.3 Å². The Hall–Kier alpha value is -1.10. The van der Waals surface area contributed by atoms with Gasteiger partial charge in [-0.05, 0) is 25.2 Å². The monoisotopic (exact) mass is 268 g/mol. The van der Waals surface area contributed by atoms with Crippen molar-refractivity contribution in [3.63, 3.8) is 0 Å². The van der Waals surface area contributed by atoms with E-state index in [1.165, 1.54) is 0 Å². The summed E-state index contributed by atoms with van der Waals surface area (Å²) in [7, 11) is 0. The van der Waals surface area contributed by atoms with Crippen LogP contribution in [0.25, 0.3) is 0 Å². The molecule has 0 radical (unpaired) electrons. The first-order valence-electron chi connectivity index (χ1n) is 7.02. The summed E-state index contributed by atoms with van der Waals surface area (Å²) in [4.78, 5) is 26.6. The molecule has 0 aliphatic carbocycles. The summed E-state index contributed by atoms with van der Waals surface area (Å²) in [5.74, 6) is -0.00230. The van der Waals surface area contributed by atoms with Crippen molar-refractivity contribution in [1.29, 1.82) is 0 Å². The van der Waals surface area contributed by atoms with Crippen LogP contribution in [0.4, 0.5) is 0 Å². The van der Waals surface area contributed by atoms with Crippen LogP contribution in [0.15, 0.2) is 0 Å². The molecule has 0 aromatic carbocycles. The van der Waals surface area contributed by atoms with Gasteiger partial charge in [-0.1, -0.05) is 20.8 Å². The van der Waals surface area contributed by atoms with Crippen molar-refractivity contribution in [3.05, 3.63) is 0 Å². The fourth-order valence-electron chi connectivity index (χ4n) is 2.84. The molecule has 2 atom stereocenters. The number of ether oxygens (including phenoxy) is 1. The number of carbonyl (C=O) groups is 2. The highest BCUT2D eigenvalue weighted by atomic mass is 16.5. The number of nitrogens with one attached hydrogen (secondary N) is 1. The van der Waals surface area contributed by atoms with Gasteiger partial charge in [0.1, 0.15) is 12.1 Å². The lowest BCUT2D eigenvalue weighted by Crippen LogP contribution is -2.68. The van der Waals surface area contributed by atoms with Crippen molar-refractivity contribution < 1.29 is 14.3 Å². The molecule has 2 saturated heterocycles. The molecule has 2 aliphatic rings. The van der Waals surface area contributed by atoms with Crippen LogP contribution in [0.3, 0.4) is 0 Å². The van der Waals surface area contributed by atoms with Crippen molar-refractivity contribution in [2.75, 3.05) is 13.2 Å². The van der Waals surface area contributed by atoms with Crippen LogP contribution < -0.4 is 5.32 Å². The van der Waals surface area contributed by atoms with E-state index in [0.29, 0.717) is 13.2 Å². The summed E-state index contributed by atoms with van der Waals surface area (Å²) < 4.78 is 5.34. The number of nitrogens with zero attached hydrogens (tertiary/aromatic N) is 1. The topological polar surface area (TPSA) is 58.6 Å². The predicted octanol–water partition coefficient (Wildman–Crippen LogP) is 0.927. The molecule has 2 aliphatic heterocycles. The Balaban J connectivity index is 2.23. The third-order valence-corrected chi connectivity index (χ3v) is 4.03. The molecule has 2 fully saturated rings. The number of hydrogen-bond donors (Lipinski definition) is 1. The van der Waals surface area contributed by atoms with Gasteiger partial charge in [0.15, 0.2) is 0 Å². The first-order chi connectivity index (χ1) is 8.82. The lowest BCUT2D eigenvalue weighted by atomic mass is 9.83. The minimum Gasteiger partial charge on any atom is -0.381 e. The van der Waals surface area contributed by atoms with E-state index in [9.17, 15) is 9.59 Å². The molecule has 0 aromatic heterocycles. The van der Waals surface area contributed by atoms with Crippen LogP contribution in [0.1, 0.15) is 40.5 Å². The van der Waals surface area contributed by atoms with E-state index in [-0.39, 0.29) is 29.3 Å². The van der Waals surface area contributed by atoms with Crippen LogP contribution in [0.5, 0.6) is 0 Å². The van der Waals surface area contributed by atoms with Gasteiger partial charge in [-0.2, -0.15) is 0 Å². The van der Waals surface area contributed by atoms with Crippen LogP contribution in [0, 0.1) is 5.41 Å². The quantitative estimate of drug-likeness (QED) is 0.769. The summed E-state index contributed by atoms with van der Waals surface area (Å²) in [6, 6.07) is -0.680. The average Bonchev–Trinajstić information content (AvgIpc) is 2.34. The first-order valence-corrected chi connectivity index (χ1v) is 7.02. The van der Waals surface area contributed by atoms with E-state index < -0.39 is 6.04 Å². The molecule has 0 aromatic rings. The molecule has 5 nitrogen and oxygen atoms in total. The van der Waals surface area contributed by atoms with Crippen LogP contribution in [0.2, 0.25) is 0 Å². The molecular formula is C14H24N2O3. The standard InChI is InChI=1S/C14H24N2O3/c1-9-12(17)15-11(14(2,3)4)13(18)16(9)10-5-7-19-8-6-10/h9-11H,5-8H2,1-4H3,(H,15,17). The fraction of sp³-hybridized carbons (Fsp3) is 0.857. The fourth-order valence-corrected chi connectivity index (χ4v) is 2.84.